The molecule has 1 aromatic rings. The molecular weight excluding hydrogens is 324 g/mol. The van der Waals surface area contributed by atoms with Gasteiger partial charge in [0.25, 0.3) is 0 Å². The monoisotopic (exact) mass is 342 g/mol. The van der Waals surface area contributed by atoms with Crippen LogP contribution in [0.2, 0.25) is 0 Å². The first-order chi connectivity index (χ1) is 9.35. The SMILES string of the molecule is COC(=O)c1cc(Br)c(N)c(NC2COCC2(C)C)c1. The summed E-state index contributed by atoms with van der Waals surface area (Å²) < 4.78 is 10.9. The van der Waals surface area contributed by atoms with E-state index in [0.717, 1.165) is 0 Å². The number of hydrogen-bond donors (Lipinski definition) is 2. The lowest BCUT2D eigenvalue weighted by Crippen LogP contribution is -2.35. The Morgan fingerprint density at radius 3 is 2.80 bits per heavy atom. The summed E-state index contributed by atoms with van der Waals surface area (Å²) in [7, 11) is 1.35. The van der Waals surface area contributed by atoms with Gasteiger partial charge in [-0.1, -0.05) is 13.8 Å². The molecule has 1 saturated heterocycles. The average Bonchev–Trinajstić information content (AvgIpc) is 2.73. The van der Waals surface area contributed by atoms with Crippen LogP contribution in [-0.4, -0.2) is 32.3 Å². The molecule has 1 atom stereocenters. The second kappa shape index (κ2) is 5.61. The number of rotatable bonds is 3. The number of carbonyl (C=O) groups excluding carboxylic acids is 1. The van der Waals surface area contributed by atoms with Gasteiger partial charge in [0.2, 0.25) is 0 Å². The van der Waals surface area contributed by atoms with Crippen molar-refractivity contribution in [1.29, 1.82) is 0 Å². The van der Waals surface area contributed by atoms with E-state index in [1.807, 2.05) is 0 Å². The summed E-state index contributed by atoms with van der Waals surface area (Å²) in [6, 6.07) is 3.51. The lowest BCUT2D eigenvalue weighted by atomic mass is 9.87. The first-order valence-corrected chi connectivity index (χ1v) is 7.16. The second-order valence-corrected chi connectivity index (χ2v) is 6.47. The highest BCUT2D eigenvalue weighted by molar-refractivity contribution is 9.10. The molecule has 1 fully saturated rings. The Morgan fingerprint density at radius 2 is 2.25 bits per heavy atom. The van der Waals surface area contributed by atoms with Gasteiger partial charge >= 0.3 is 5.97 Å². The van der Waals surface area contributed by atoms with Crippen LogP contribution in [0.5, 0.6) is 0 Å². The van der Waals surface area contributed by atoms with Crippen molar-refractivity contribution in [3.8, 4) is 0 Å². The van der Waals surface area contributed by atoms with Gasteiger partial charge in [-0.2, -0.15) is 0 Å². The van der Waals surface area contributed by atoms with Gasteiger partial charge < -0.3 is 20.5 Å². The number of halogens is 1. The van der Waals surface area contributed by atoms with Crippen molar-refractivity contribution in [3.05, 3.63) is 22.2 Å². The summed E-state index contributed by atoms with van der Waals surface area (Å²) in [5.41, 5.74) is 7.80. The molecule has 2 rings (SSSR count). The van der Waals surface area contributed by atoms with Crippen LogP contribution < -0.4 is 11.1 Å². The first kappa shape index (κ1) is 15.1. The predicted octanol–water partition coefficient (Wildman–Crippen LogP) is 2.65. The number of nitrogens with one attached hydrogen (secondary N) is 1. The van der Waals surface area contributed by atoms with Gasteiger partial charge in [0.05, 0.1) is 43.3 Å². The number of hydrogen-bond acceptors (Lipinski definition) is 5. The van der Waals surface area contributed by atoms with E-state index >= 15 is 0 Å². The molecule has 20 heavy (non-hydrogen) atoms. The van der Waals surface area contributed by atoms with Crippen LogP contribution in [0.15, 0.2) is 16.6 Å². The van der Waals surface area contributed by atoms with Crippen LogP contribution in [-0.2, 0) is 9.47 Å². The zero-order chi connectivity index (χ0) is 14.9. The number of esters is 1. The predicted molar refractivity (Wildman–Crippen MR) is 81.9 cm³/mol. The van der Waals surface area contributed by atoms with E-state index in [-0.39, 0.29) is 11.5 Å². The minimum Gasteiger partial charge on any atom is -0.465 e. The van der Waals surface area contributed by atoms with Crippen LogP contribution in [0, 0.1) is 5.41 Å². The Balaban J connectivity index is 2.31. The van der Waals surface area contributed by atoms with Crippen molar-refractivity contribution >= 4 is 33.3 Å². The van der Waals surface area contributed by atoms with Crippen LogP contribution in [0.4, 0.5) is 11.4 Å². The maximum Gasteiger partial charge on any atom is 0.337 e. The van der Waals surface area contributed by atoms with Gasteiger partial charge in [-0.25, -0.2) is 4.79 Å². The number of carbonyl (C=O) groups is 1. The maximum absolute atomic E-state index is 11.7. The summed E-state index contributed by atoms with van der Waals surface area (Å²) in [6.45, 7) is 5.58. The molecule has 0 radical (unpaired) electrons. The third kappa shape index (κ3) is 2.91. The molecule has 1 aliphatic heterocycles. The van der Waals surface area contributed by atoms with Crippen molar-refractivity contribution in [2.45, 2.75) is 19.9 Å². The van der Waals surface area contributed by atoms with Crippen molar-refractivity contribution in [3.63, 3.8) is 0 Å². The van der Waals surface area contributed by atoms with Crippen LogP contribution in [0.25, 0.3) is 0 Å². The van der Waals surface area contributed by atoms with Crippen LogP contribution >= 0.6 is 15.9 Å². The maximum atomic E-state index is 11.7. The molecule has 3 N–H and O–H groups in total. The molecule has 1 unspecified atom stereocenters. The highest BCUT2D eigenvalue weighted by Crippen LogP contribution is 2.35. The average molecular weight is 343 g/mol. The normalized spacial score (nSPS) is 20.7. The topological polar surface area (TPSA) is 73.6 Å². The molecule has 0 aliphatic carbocycles. The molecule has 0 amide bonds. The lowest BCUT2D eigenvalue weighted by Gasteiger charge is -2.27. The molecule has 5 nitrogen and oxygen atoms in total. The van der Waals surface area contributed by atoms with Crippen molar-refractivity contribution in [2.75, 3.05) is 31.4 Å². The van der Waals surface area contributed by atoms with Gasteiger partial charge in [0, 0.05) is 9.89 Å². The van der Waals surface area contributed by atoms with Gasteiger partial charge in [-0.15, -0.1) is 0 Å². The molecule has 0 spiro atoms. The Kier molecular flexibility index (Phi) is 4.25. The summed E-state index contributed by atoms with van der Waals surface area (Å²) in [5, 5.41) is 3.37. The molecule has 1 aliphatic rings. The second-order valence-electron chi connectivity index (χ2n) is 5.61. The molecular formula is C14H19BrN2O3. The number of benzene rings is 1. The van der Waals surface area contributed by atoms with Gasteiger partial charge in [0.15, 0.2) is 0 Å². The summed E-state index contributed by atoms with van der Waals surface area (Å²) >= 11 is 3.37. The molecule has 1 heterocycles. The summed E-state index contributed by atoms with van der Waals surface area (Å²) in [5.74, 6) is -0.393. The first-order valence-electron chi connectivity index (χ1n) is 6.37. The Hall–Kier alpha value is -1.27. The minimum atomic E-state index is -0.393. The highest BCUT2D eigenvalue weighted by atomic mass is 79.9. The fourth-order valence-electron chi connectivity index (χ4n) is 2.16. The van der Waals surface area contributed by atoms with Crippen LogP contribution in [0.3, 0.4) is 0 Å². The number of anilines is 2. The summed E-state index contributed by atoms with van der Waals surface area (Å²) in [4.78, 5) is 11.7. The highest BCUT2D eigenvalue weighted by Gasteiger charge is 2.36. The van der Waals surface area contributed by atoms with Crippen molar-refractivity contribution in [1.82, 2.24) is 0 Å². The molecule has 6 heteroatoms. The standard InChI is InChI=1S/C14H19BrN2O3/c1-14(2)7-20-6-11(14)17-10-5-8(13(18)19-3)4-9(15)12(10)16/h4-5,11,17H,6-7,16H2,1-3H3. The van der Waals surface area contributed by atoms with Gasteiger partial charge in [-0.3, -0.25) is 0 Å². The van der Waals surface area contributed by atoms with E-state index in [4.69, 9.17) is 15.2 Å². The minimum absolute atomic E-state index is 0.0141. The van der Waals surface area contributed by atoms with E-state index in [1.54, 1.807) is 12.1 Å². The molecule has 110 valence electrons. The molecule has 1 aromatic carbocycles. The zero-order valence-electron chi connectivity index (χ0n) is 11.8. The Labute approximate surface area is 126 Å². The van der Waals surface area contributed by atoms with E-state index in [9.17, 15) is 4.79 Å². The van der Waals surface area contributed by atoms with Crippen LogP contribution in [0.1, 0.15) is 24.2 Å². The number of nitrogens with two attached hydrogens (primary N) is 1. The largest absolute Gasteiger partial charge is 0.465 e. The quantitative estimate of drug-likeness (QED) is 0.652. The number of ether oxygens (including phenoxy) is 2. The van der Waals surface area contributed by atoms with E-state index < -0.39 is 5.97 Å². The number of methoxy groups -OCH3 is 1. The van der Waals surface area contributed by atoms with E-state index in [2.05, 4.69) is 35.1 Å². The fraction of sp³-hybridized carbons (Fsp3) is 0.500. The lowest BCUT2D eigenvalue weighted by molar-refractivity contribution is 0.0600. The third-order valence-corrected chi connectivity index (χ3v) is 4.24. The summed E-state index contributed by atoms with van der Waals surface area (Å²) in [6.07, 6.45) is 0. The molecule has 0 saturated carbocycles. The zero-order valence-corrected chi connectivity index (χ0v) is 13.4. The smallest absolute Gasteiger partial charge is 0.337 e. The Bertz CT molecular complexity index is 531. The fourth-order valence-corrected chi connectivity index (χ4v) is 2.62. The Morgan fingerprint density at radius 1 is 1.55 bits per heavy atom. The van der Waals surface area contributed by atoms with Crippen molar-refractivity contribution < 1.29 is 14.3 Å². The third-order valence-electron chi connectivity index (χ3n) is 3.58. The molecule has 0 bridgehead atoms. The van der Waals surface area contributed by atoms with E-state index in [0.29, 0.717) is 34.6 Å². The van der Waals surface area contributed by atoms with Crippen molar-refractivity contribution in [2.24, 2.45) is 5.41 Å². The van der Waals surface area contributed by atoms with Gasteiger partial charge in [-0.05, 0) is 28.1 Å². The molecule has 0 aromatic heterocycles. The van der Waals surface area contributed by atoms with Gasteiger partial charge in [0.1, 0.15) is 0 Å². The number of nitrogen functional groups attached to an aromatic ring is 1. The van der Waals surface area contributed by atoms with E-state index in [1.165, 1.54) is 7.11 Å².